The molecule has 0 rings (SSSR count). The van der Waals surface area contributed by atoms with Gasteiger partial charge in [-0.05, 0) is 19.3 Å². The maximum Gasteiger partial charge on any atom is 0.305 e. The zero-order valence-corrected chi connectivity index (χ0v) is 14.3. The summed E-state index contributed by atoms with van der Waals surface area (Å²) in [5, 5.41) is 8.52. The van der Waals surface area contributed by atoms with Gasteiger partial charge < -0.3 is 9.84 Å². The molecule has 0 saturated carbocycles. The number of carboxylic acids is 1. The first-order valence-corrected chi connectivity index (χ1v) is 9.04. The first-order chi connectivity index (χ1) is 10.7. The molecule has 0 fully saturated rings. The molecule has 0 aromatic heterocycles. The molecule has 0 unspecified atom stereocenters. The minimum absolute atomic E-state index is 0.0465. The average Bonchev–Trinajstić information content (AvgIpc) is 2.48. The van der Waals surface area contributed by atoms with Crippen LogP contribution in [0.15, 0.2) is 0 Å². The van der Waals surface area contributed by atoms with E-state index >= 15 is 0 Å². The Kier molecular flexibility index (Phi) is 15.5. The van der Waals surface area contributed by atoms with E-state index in [0.717, 1.165) is 44.9 Å². The van der Waals surface area contributed by atoms with E-state index in [9.17, 15) is 9.59 Å². The van der Waals surface area contributed by atoms with Gasteiger partial charge in [0.2, 0.25) is 0 Å². The molecule has 0 aromatic carbocycles. The predicted molar refractivity (Wildman–Crippen MR) is 88.9 cm³/mol. The van der Waals surface area contributed by atoms with Crippen LogP contribution in [-0.2, 0) is 14.3 Å². The highest BCUT2D eigenvalue weighted by Crippen LogP contribution is 2.12. The standard InChI is InChI=1S/C18H34O4/c1-2-3-16-22-18(21)15-13-11-9-7-5-4-6-8-10-12-14-17(19)20/h2-16H2,1H3,(H,19,20). The second-order valence-corrected chi connectivity index (χ2v) is 6.00. The van der Waals surface area contributed by atoms with Crippen LogP contribution in [0.2, 0.25) is 0 Å². The molecule has 0 aromatic rings. The van der Waals surface area contributed by atoms with Gasteiger partial charge in [-0.25, -0.2) is 0 Å². The molecular formula is C18H34O4. The quantitative estimate of drug-likeness (QED) is 0.318. The molecule has 1 N–H and O–H groups in total. The van der Waals surface area contributed by atoms with Gasteiger partial charge >= 0.3 is 11.9 Å². The third-order valence-corrected chi connectivity index (χ3v) is 3.78. The third-order valence-electron chi connectivity index (χ3n) is 3.78. The summed E-state index contributed by atoms with van der Waals surface area (Å²) in [5.74, 6) is -0.732. The fourth-order valence-corrected chi connectivity index (χ4v) is 2.36. The lowest BCUT2D eigenvalue weighted by atomic mass is 10.1. The van der Waals surface area contributed by atoms with Gasteiger partial charge in [-0.1, -0.05) is 64.7 Å². The molecule has 130 valence electrons. The van der Waals surface area contributed by atoms with Crippen LogP contribution in [0.5, 0.6) is 0 Å². The Hall–Kier alpha value is -1.06. The van der Waals surface area contributed by atoms with Gasteiger partial charge in [0.05, 0.1) is 6.61 Å². The Morgan fingerprint density at radius 3 is 1.64 bits per heavy atom. The molecule has 0 aliphatic rings. The van der Waals surface area contributed by atoms with E-state index < -0.39 is 5.97 Å². The van der Waals surface area contributed by atoms with Crippen molar-refractivity contribution in [1.29, 1.82) is 0 Å². The van der Waals surface area contributed by atoms with Crippen LogP contribution < -0.4 is 0 Å². The number of unbranched alkanes of at least 4 members (excludes halogenated alkanes) is 10. The van der Waals surface area contributed by atoms with Crippen molar-refractivity contribution < 1.29 is 19.4 Å². The third kappa shape index (κ3) is 17.0. The van der Waals surface area contributed by atoms with Gasteiger partial charge in [-0.15, -0.1) is 0 Å². The van der Waals surface area contributed by atoms with E-state index in [2.05, 4.69) is 6.92 Å². The van der Waals surface area contributed by atoms with Crippen molar-refractivity contribution in [2.45, 2.75) is 96.8 Å². The number of carbonyl (C=O) groups is 2. The Labute approximate surface area is 135 Å². The summed E-state index contributed by atoms with van der Waals surface area (Å²) in [5.41, 5.74) is 0. The normalized spacial score (nSPS) is 10.6. The van der Waals surface area contributed by atoms with Crippen LogP contribution in [0.25, 0.3) is 0 Å². The summed E-state index contributed by atoms with van der Waals surface area (Å²) in [6.07, 6.45) is 14.1. The van der Waals surface area contributed by atoms with Crippen LogP contribution in [0.4, 0.5) is 0 Å². The van der Waals surface area contributed by atoms with E-state index in [-0.39, 0.29) is 5.97 Å². The van der Waals surface area contributed by atoms with E-state index in [4.69, 9.17) is 9.84 Å². The van der Waals surface area contributed by atoms with E-state index in [0.29, 0.717) is 19.4 Å². The topological polar surface area (TPSA) is 63.6 Å². The smallest absolute Gasteiger partial charge is 0.305 e. The van der Waals surface area contributed by atoms with E-state index in [1.54, 1.807) is 0 Å². The molecule has 0 aliphatic heterocycles. The van der Waals surface area contributed by atoms with Crippen LogP contribution in [0.3, 0.4) is 0 Å². The lowest BCUT2D eigenvalue weighted by molar-refractivity contribution is -0.144. The van der Waals surface area contributed by atoms with Gasteiger partial charge in [0.15, 0.2) is 0 Å². The van der Waals surface area contributed by atoms with Crippen LogP contribution >= 0.6 is 0 Å². The number of hydrogen-bond donors (Lipinski definition) is 1. The van der Waals surface area contributed by atoms with Crippen LogP contribution in [0.1, 0.15) is 96.8 Å². The number of carbonyl (C=O) groups excluding carboxylic acids is 1. The molecule has 0 heterocycles. The zero-order chi connectivity index (χ0) is 16.5. The molecule has 0 radical (unpaired) electrons. The summed E-state index contributed by atoms with van der Waals surface area (Å²) in [6, 6.07) is 0. The minimum Gasteiger partial charge on any atom is -0.481 e. The molecule has 22 heavy (non-hydrogen) atoms. The highest BCUT2D eigenvalue weighted by Gasteiger charge is 2.02. The Bertz CT molecular complexity index is 276. The molecule has 0 amide bonds. The van der Waals surface area contributed by atoms with Crippen molar-refractivity contribution in [2.75, 3.05) is 6.61 Å². The minimum atomic E-state index is -0.686. The van der Waals surface area contributed by atoms with E-state index in [1.807, 2.05) is 0 Å². The van der Waals surface area contributed by atoms with Gasteiger partial charge in [0, 0.05) is 12.8 Å². The first kappa shape index (κ1) is 20.9. The fraction of sp³-hybridized carbons (Fsp3) is 0.889. The predicted octanol–water partition coefficient (Wildman–Crippen LogP) is 5.10. The average molecular weight is 314 g/mol. The molecule has 0 saturated heterocycles. The second-order valence-electron chi connectivity index (χ2n) is 6.00. The lowest BCUT2D eigenvalue weighted by Crippen LogP contribution is -2.05. The molecule has 0 aliphatic carbocycles. The Balaban J connectivity index is 3.11. The van der Waals surface area contributed by atoms with Gasteiger partial charge in [0.25, 0.3) is 0 Å². The summed E-state index contributed by atoms with van der Waals surface area (Å²) in [4.78, 5) is 21.7. The fourth-order valence-electron chi connectivity index (χ4n) is 2.36. The van der Waals surface area contributed by atoms with Crippen molar-refractivity contribution in [2.24, 2.45) is 0 Å². The van der Waals surface area contributed by atoms with Crippen LogP contribution in [-0.4, -0.2) is 23.7 Å². The summed E-state index contributed by atoms with van der Waals surface area (Å²) < 4.78 is 5.11. The molecule has 0 spiro atoms. The number of ether oxygens (including phenoxy) is 1. The van der Waals surface area contributed by atoms with Gasteiger partial charge in [-0.2, -0.15) is 0 Å². The molecule has 0 atom stereocenters. The highest BCUT2D eigenvalue weighted by molar-refractivity contribution is 5.69. The molecule has 0 bridgehead atoms. The van der Waals surface area contributed by atoms with Crippen molar-refractivity contribution in [3.05, 3.63) is 0 Å². The second kappa shape index (κ2) is 16.3. The maximum absolute atomic E-state index is 11.4. The molecule has 4 nitrogen and oxygen atoms in total. The van der Waals surface area contributed by atoms with Crippen molar-refractivity contribution in [1.82, 2.24) is 0 Å². The first-order valence-electron chi connectivity index (χ1n) is 9.04. The van der Waals surface area contributed by atoms with Gasteiger partial charge in [0.1, 0.15) is 0 Å². The number of aliphatic carboxylic acids is 1. The summed E-state index contributed by atoms with van der Waals surface area (Å²) in [6.45, 7) is 2.66. The number of hydrogen-bond acceptors (Lipinski definition) is 3. The Morgan fingerprint density at radius 1 is 0.727 bits per heavy atom. The number of esters is 1. The number of rotatable bonds is 16. The molecular weight excluding hydrogens is 280 g/mol. The Morgan fingerprint density at radius 2 is 1.18 bits per heavy atom. The molecule has 4 heteroatoms. The van der Waals surface area contributed by atoms with Crippen molar-refractivity contribution in [3.63, 3.8) is 0 Å². The highest BCUT2D eigenvalue weighted by atomic mass is 16.5. The SMILES string of the molecule is CCCCOC(=O)CCCCCCCCCCCCC(=O)O. The number of carboxylic acid groups (broad SMARTS) is 1. The summed E-state index contributed by atoms with van der Waals surface area (Å²) >= 11 is 0. The van der Waals surface area contributed by atoms with E-state index in [1.165, 1.54) is 32.1 Å². The maximum atomic E-state index is 11.4. The van der Waals surface area contributed by atoms with Crippen molar-refractivity contribution in [3.8, 4) is 0 Å². The summed E-state index contributed by atoms with van der Waals surface area (Å²) in [7, 11) is 0. The monoisotopic (exact) mass is 314 g/mol. The van der Waals surface area contributed by atoms with Gasteiger partial charge in [-0.3, -0.25) is 9.59 Å². The zero-order valence-electron chi connectivity index (χ0n) is 14.3. The van der Waals surface area contributed by atoms with Crippen molar-refractivity contribution >= 4 is 11.9 Å². The van der Waals surface area contributed by atoms with Crippen LogP contribution in [0, 0.1) is 0 Å². The lowest BCUT2D eigenvalue weighted by Gasteiger charge is -2.04. The largest absolute Gasteiger partial charge is 0.481 e.